The lowest BCUT2D eigenvalue weighted by molar-refractivity contribution is 0.0609. The summed E-state index contributed by atoms with van der Waals surface area (Å²) in [7, 11) is 1.51. The highest BCUT2D eigenvalue weighted by Gasteiger charge is 2.10. The summed E-state index contributed by atoms with van der Waals surface area (Å²) in [6, 6.07) is 7.33. The van der Waals surface area contributed by atoms with Gasteiger partial charge in [0, 0.05) is 19.2 Å². The summed E-state index contributed by atoms with van der Waals surface area (Å²) in [4.78, 5) is 11.7. The third-order valence-electron chi connectivity index (χ3n) is 2.25. The molecule has 0 saturated carbocycles. The number of aliphatic hydroxyl groups is 1. The lowest BCUT2D eigenvalue weighted by atomic mass is 10.1. The van der Waals surface area contributed by atoms with Crippen molar-refractivity contribution in [3.8, 4) is 0 Å². The summed E-state index contributed by atoms with van der Waals surface area (Å²) in [5.74, 6) is -0.173. The maximum absolute atomic E-state index is 11.7. The average molecular weight is 223 g/mol. The highest BCUT2D eigenvalue weighted by atomic mass is 16.5. The highest BCUT2D eigenvalue weighted by Crippen LogP contribution is 2.06. The van der Waals surface area contributed by atoms with Gasteiger partial charge in [-0.15, -0.1) is 0 Å². The van der Waals surface area contributed by atoms with Gasteiger partial charge in [-0.2, -0.15) is 0 Å². The van der Waals surface area contributed by atoms with Crippen LogP contribution in [0.1, 0.15) is 15.9 Å². The molecule has 0 aliphatic rings. The van der Waals surface area contributed by atoms with Gasteiger partial charge in [-0.25, -0.2) is 0 Å². The van der Waals surface area contributed by atoms with Crippen LogP contribution in [0.4, 0.5) is 0 Å². The van der Waals surface area contributed by atoms with Crippen LogP contribution in [0.3, 0.4) is 0 Å². The molecule has 4 nitrogen and oxygen atoms in total. The van der Waals surface area contributed by atoms with Gasteiger partial charge in [0.2, 0.25) is 0 Å². The van der Waals surface area contributed by atoms with E-state index in [9.17, 15) is 9.90 Å². The number of hydrogen-bond donors (Lipinski definition) is 2. The Morgan fingerprint density at radius 2 is 2.19 bits per heavy atom. The molecule has 0 fully saturated rings. The molecule has 1 amide bonds. The van der Waals surface area contributed by atoms with E-state index in [2.05, 4.69) is 5.32 Å². The fourth-order valence-electron chi connectivity index (χ4n) is 1.38. The zero-order valence-electron chi connectivity index (χ0n) is 9.56. The van der Waals surface area contributed by atoms with Gasteiger partial charge < -0.3 is 15.2 Å². The number of hydrogen-bond acceptors (Lipinski definition) is 3. The summed E-state index contributed by atoms with van der Waals surface area (Å²) in [6.07, 6.45) is -0.669. The van der Waals surface area contributed by atoms with E-state index in [1.807, 2.05) is 25.1 Å². The normalized spacial score (nSPS) is 12.2. The van der Waals surface area contributed by atoms with Gasteiger partial charge in [0.05, 0.1) is 12.7 Å². The van der Waals surface area contributed by atoms with Gasteiger partial charge in [-0.1, -0.05) is 18.2 Å². The lowest BCUT2D eigenvalue weighted by Crippen LogP contribution is -2.34. The zero-order chi connectivity index (χ0) is 12.0. The van der Waals surface area contributed by atoms with Crippen molar-refractivity contribution >= 4 is 5.91 Å². The van der Waals surface area contributed by atoms with Crippen molar-refractivity contribution in [3.63, 3.8) is 0 Å². The van der Waals surface area contributed by atoms with Gasteiger partial charge in [0.25, 0.3) is 5.91 Å². The van der Waals surface area contributed by atoms with Crippen LogP contribution in [0.15, 0.2) is 24.3 Å². The Morgan fingerprint density at radius 1 is 1.50 bits per heavy atom. The van der Waals surface area contributed by atoms with E-state index in [0.717, 1.165) is 5.56 Å². The molecule has 0 aliphatic heterocycles. The van der Waals surface area contributed by atoms with Crippen LogP contribution in [0.5, 0.6) is 0 Å². The number of ether oxygens (including phenoxy) is 1. The molecule has 0 heterocycles. The summed E-state index contributed by atoms with van der Waals surface area (Å²) in [5, 5.41) is 12.0. The van der Waals surface area contributed by atoms with Crippen LogP contribution in [0, 0.1) is 6.92 Å². The Labute approximate surface area is 95.2 Å². The third kappa shape index (κ3) is 3.64. The molecule has 0 aromatic heterocycles. The zero-order valence-corrected chi connectivity index (χ0v) is 9.56. The van der Waals surface area contributed by atoms with Crippen LogP contribution < -0.4 is 5.32 Å². The van der Waals surface area contributed by atoms with Gasteiger partial charge in [-0.3, -0.25) is 4.79 Å². The number of carbonyl (C=O) groups excluding carboxylic acids is 1. The molecule has 0 saturated heterocycles. The minimum Gasteiger partial charge on any atom is -0.389 e. The predicted octanol–water partition coefficient (Wildman–Crippen LogP) is 0.732. The smallest absolute Gasteiger partial charge is 0.251 e. The van der Waals surface area contributed by atoms with Crippen LogP contribution in [-0.2, 0) is 4.74 Å². The number of aryl methyl sites for hydroxylation is 1. The maximum Gasteiger partial charge on any atom is 0.251 e. The number of carbonyl (C=O) groups is 1. The van der Waals surface area contributed by atoms with Crippen molar-refractivity contribution in [2.45, 2.75) is 13.0 Å². The molecule has 88 valence electrons. The van der Waals surface area contributed by atoms with Crippen molar-refractivity contribution in [2.75, 3.05) is 20.3 Å². The summed E-state index contributed by atoms with van der Waals surface area (Å²) in [6.45, 7) is 2.29. The second-order valence-corrected chi connectivity index (χ2v) is 3.63. The van der Waals surface area contributed by atoms with E-state index in [1.165, 1.54) is 7.11 Å². The van der Waals surface area contributed by atoms with Crippen molar-refractivity contribution in [1.82, 2.24) is 5.32 Å². The van der Waals surface area contributed by atoms with Crippen molar-refractivity contribution in [3.05, 3.63) is 35.4 Å². The van der Waals surface area contributed by atoms with E-state index in [4.69, 9.17) is 4.74 Å². The van der Waals surface area contributed by atoms with Gasteiger partial charge in [0.15, 0.2) is 0 Å². The Hall–Kier alpha value is -1.39. The summed E-state index contributed by atoms with van der Waals surface area (Å²) >= 11 is 0. The van der Waals surface area contributed by atoms with Crippen molar-refractivity contribution in [1.29, 1.82) is 0 Å². The molecule has 2 N–H and O–H groups in total. The lowest BCUT2D eigenvalue weighted by Gasteiger charge is -2.11. The number of methoxy groups -OCH3 is 1. The topological polar surface area (TPSA) is 58.6 Å². The molecule has 1 rings (SSSR count). The first-order chi connectivity index (χ1) is 7.65. The number of rotatable bonds is 5. The van der Waals surface area contributed by atoms with Crippen LogP contribution >= 0.6 is 0 Å². The minimum absolute atomic E-state index is 0.173. The molecule has 1 atom stereocenters. The molecule has 1 unspecified atom stereocenters. The van der Waals surface area contributed by atoms with E-state index in [0.29, 0.717) is 5.56 Å². The van der Waals surface area contributed by atoms with E-state index < -0.39 is 6.10 Å². The standard InChI is InChI=1S/C12H17NO3/c1-9-5-3-4-6-11(9)12(15)13-7-10(14)8-16-2/h3-6,10,14H,7-8H2,1-2H3,(H,13,15). The first-order valence-corrected chi connectivity index (χ1v) is 5.16. The largest absolute Gasteiger partial charge is 0.389 e. The molecule has 0 bridgehead atoms. The van der Waals surface area contributed by atoms with Gasteiger partial charge >= 0.3 is 0 Å². The SMILES string of the molecule is COCC(O)CNC(=O)c1ccccc1C. The number of nitrogens with one attached hydrogen (secondary N) is 1. The monoisotopic (exact) mass is 223 g/mol. The Morgan fingerprint density at radius 3 is 2.81 bits per heavy atom. The summed E-state index contributed by atoms with van der Waals surface area (Å²) in [5.41, 5.74) is 1.55. The molecule has 1 aromatic carbocycles. The molecular weight excluding hydrogens is 206 g/mol. The first-order valence-electron chi connectivity index (χ1n) is 5.16. The Balaban J connectivity index is 2.50. The maximum atomic E-state index is 11.7. The minimum atomic E-state index is -0.669. The molecular formula is C12H17NO3. The van der Waals surface area contributed by atoms with E-state index in [1.54, 1.807) is 6.07 Å². The highest BCUT2D eigenvalue weighted by molar-refractivity contribution is 5.95. The molecule has 16 heavy (non-hydrogen) atoms. The second-order valence-electron chi connectivity index (χ2n) is 3.63. The van der Waals surface area contributed by atoms with Crippen molar-refractivity contribution in [2.24, 2.45) is 0 Å². The van der Waals surface area contributed by atoms with Crippen LogP contribution in [-0.4, -0.2) is 37.4 Å². The van der Waals surface area contributed by atoms with E-state index in [-0.39, 0.29) is 19.1 Å². The third-order valence-corrected chi connectivity index (χ3v) is 2.25. The van der Waals surface area contributed by atoms with Gasteiger partial charge in [0.1, 0.15) is 0 Å². The molecule has 0 radical (unpaired) electrons. The molecule has 4 heteroatoms. The summed E-state index contributed by atoms with van der Waals surface area (Å²) < 4.78 is 4.76. The molecule has 0 spiro atoms. The second kappa shape index (κ2) is 6.25. The average Bonchev–Trinajstić information content (AvgIpc) is 2.27. The van der Waals surface area contributed by atoms with Crippen molar-refractivity contribution < 1.29 is 14.6 Å². The number of amides is 1. The molecule has 1 aromatic rings. The fraction of sp³-hybridized carbons (Fsp3) is 0.417. The quantitative estimate of drug-likeness (QED) is 0.773. The fourth-order valence-corrected chi connectivity index (χ4v) is 1.38. The Bertz CT molecular complexity index is 352. The molecule has 0 aliphatic carbocycles. The number of benzene rings is 1. The van der Waals surface area contributed by atoms with Crippen LogP contribution in [0.25, 0.3) is 0 Å². The predicted molar refractivity (Wildman–Crippen MR) is 61.4 cm³/mol. The van der Waals surface area contributed by atoms with E-state index >= 15 is 0 Å². The number of aliphatic hydroxyl groups excluding tert-OH is 1. The Kier molecular flexibility index (Phi) is 4.95. The first kappa shape index (κ1) is 12.7. The van der Waals surface area contributed by atoms with Gasteiger partial charge in [-0.05, 0) is 18.6 Å². The van der Waals surface area contributed by atoms with Crippen LogP contribution in [0.2, 0.25) is 0 Å².